The smallest absolute Gasteiger partial charge is 0.122 e. The average molecular weight is 259 g/mol. The molecule has 0 aromatic heterocycles. The zero-order valence-corrected chi connectivity index (χ0v) is 12.2. The fourth-order valence-electron chi connectivity index (χ4n) is 2.86. The summed E-state index contributed by atoms with van der Waals surface area (Å²) >= 11 is 0. The summed E-state index contributed by atoms with van der Waals surface area (Å²) in [6.45, 7) is 4.73. The molecule has 0 heterocycles. The van der Waals surface area contributed by atoms with E-state index in [1.807, 2.05) is 12.1 Å². The fraction of sp³-hybridized carbons (Fsp3) is 0.562. The number of nitrogen functional groups attached to an aromatic ring is 1. The fourth-order valence-corrected chi connectivity index (χ4v) is 2.86. The number of amidine groups is 1. The molecule has 3 nitrogen and oxygen atoms in total. The molecule has 2 rings (SSSR count). The molecule has 0 amide bonds. The van der Waals surface area contributed by atoms with Gasteiger partial charge in [0.2, 0.25) is 0 Å². The molecule has 1 aromatic carbocycles. The second-order valence-electron chi connectivity index (χ2n) is 6.47. The molecule has 0 saturated heterocycles. The highest BCUT2D eigenvalue weighted by Crippen LogP contribution is 2.37. The summed E-state index contributed by atoms with van der Waals surface area (Å²) in [4.78, 5) is 2.37. The van der Waals surface area contributed by atoms with Gasteiger partial charge < -0.3 is 10.6 Å². The van der Waals surface area contributed by atoms with E-state index in [2.05, 4.69) is 37.9 Å². The highest BCUT2D eigenvalue weighted by molar-refractivity contribution is 5.95. The molecule has 104 valence electrons. The van der Waals surface area contributed by atoms with Crippen LogP contribution in [0.2, 0.25) is 0 Å². The zero-order chi connectivity index (χ0) is 14.0. The molecular formula is C16H25N3. The van der Waals surface area contributed by atoms with E-state index in [-0.39, 0.29) is 5.84 Å². The maximum Gasteiger partial charge on any atom is 0.122 e. The normalized spacial score (nSPS) is 19.1. The third-order valence-corrected chi connectivity index (χ3v) is 4.44. The van der Waals surface area contributed by atoms with Crippen LogP contribution in [0, 0.1) is 10.8 Å². The van der Waals surface area contributed by atoms with Gasteiger partial charge in [-0.1, -0.05) is 13.8 Å². The van der Waals surface area contributed by atoms with Crippen LogP contribution in [0.15, 0.2) is 24.3 Å². The van der Waals surface area contributed by atoms with Gasteiger partial charge in [0.25, 0.3) is 0 Å². The first-order valence-corrected chi connectivity index (χ1v) is 7.06. The molecule has 1 fully saturated rings. The maximum atomic E-state index is 7.42. The van der Waals surface area contributed by atoms with Crippen molar-refractivity contribution in [2.45, 2.75) is 45.6 Å². The van der Waals surface area contributed by atoms with Gasteiger partial charge in [0, 0.05) is 24.3 Å². The summed E-state index contributed by atoms with van der Waals surface area (Å²) in [5.74, 6) is 0.133. The van der Waals surface area contributed by atoms with E-state index in [0.29, 0.717) is 11.5 Å². The second-order valence-corrected chi connectivity index (χ2v) is 6.47. The van der Waals surface area contributed by atoms with Crippen molar-refractivity contribution in [3.8, 4) is 0 Å². The van der Waals surface area contributed by atoms with E-state index >= 15 is 0 Å². The molecule has 1 aliphatic rings. The van der Waals surface area contributed by atoms with Gasteiger partial charge in [-0.05, 0) is 55.4 Å². The van der Waals surface area contributed by atoms with Gasteiger partial charge >= 0.3 is 0 Å². The molecule has 3 N–H and O–H groups in total. The van der Waals surface area contributed by atoms with Crippen LogP contribution >= 0.6 is 0 Å². The van der Waals surface area contributed by atoms with Crippen molar-refractivity contribution in [3.05, 3.63) is 29.8 Å². The molecule has 0 aliphatic heterocycles. The van der Waals surface area contributed by atoms with Crippen molar-refractivity contribution in [3.63, 3.8) is 0 Å². The van der Waals surface area contributed by atoms with Crippen LogP contribution in [-0.4, -0.2) is 18.9 Å². The number of nitrogens with two attached hydrogens (primary N) is 1. The third kappa shape index (κ3) is 3.28. The van der Waals surface area contributed by atoms with E-state index in [1.54, 1.807) is 0 Å². The van der Waals surface area contributed by atoms with Gasteiger partial charge in [-0.2, -0.15) is 0 Å². The van der Waals surface area contributed by atoms with Gasteiger partial charge in [-0.15, -0.1) is 0 Å². The average Bonchev–Trinajstić information content (AvgIpc) is 2.38. The highest BCUT2D eigenvalue weighted by atomic mass is 15.1. The molecule has 0 bridgehead atoms. The molecule has 19 heavy (non-hydrogen) atoms. The molecule has 0 radical (unpaired) electrons. The predicted octanol–water partition coefficient (Wildman–Crippen LogP) is 3.38. The topological polar surface area (TPSA) is 53.1 Å². The lowest BCUT2D eigenvalue weighted by atomic mass is 9.75. The Hall–Kier alpha value is -1.51. The minimum Gasteiger partial charge on any atom is -0.384 e. The summed E-state index contributed by atoms with van der Waals surface area (Å²) in [5, 5.41) is 7.42. The van der Waals surface area contributed by atoms with Crippen molar-refractivity contribution in [1.82, 2.24) is 0 Å². The number of hydrogen-bond acceptors (Lipinski definition) is 2. The Morgan fingerprint density at radius 1 is 1.21 bits per heavy atom. The highest BCUT2D eigenvalue weighted by Gasteiger charge is 2.28. The van der Waals surface area contributed by atoms with Gasteiger partial charge in [0.15, 0.2) is 0 Å². The van der Waals surface area contributed by atoms with Crippen molar-refractivity contribution < 1.29 is 0 Å². The lowest BCUT2D eigenvalue weighted by Crippen LogP contribution is -2.37. The van der Waals surface area contributed by atoms with Crippen LogP contribution in [-0.2, 0) is 0 Å². The quantitative estimate of drug-likeness (QED) is 0.646. The predicted molar refractivity (Wildman–Crippen MR) is 81.9 cm³/mol. The minimum atomic E-state index is 0.133. The van der Waals surface area contributed by atoms with Crippen molar-refractivity contribution >= 4 is 11.5 Å². The van der Waals surface area contributed by atoms with Gasteiger partial charge in [0.05, 0.1) is 0 Å². The number of anilines is 1. The maximum absolute atomic E-state index is 7.42. The van der Waals surface area contributed by atoms with E-state index in [9.17, 15) is 0 Å². The van der Waals surface area contributed by atoms with Gasteiger partial charge in [-0.25, -0.2) is 0 Å². The second kappa shape index (κ2) is 5.24. The lowest BCUT2D eigenvalue weighted by Gasteiger charge is -2.39. The summed E-state index contributed by atoms with van der Waals surface area (Å²) in [7, 11) is 2.17. The van der Waals surface area contributed by atoms with E-state index in [4.69, 9.17) is 11.1 Å². The van der Waals surface area contributed by atoms with E-state index in [1.165, 1.54) is 31.4 Å². The van der Waals surface area contributed by atoms with E-state index < -0.39 is 0 Å². The van der Waals surface area contributed by atoms with Crippen molar-refractivity contribution in [2.75, 3.05) is 11.9 Å². The van der Waals surface area contributed by atoms with Gasteiger partial charge in [0.1, 0.15) is 5.84 Å². The molecule has 1 aliphatic carbocycles. The standard InChI is InChI=1S/C16H25N3/c1-16(2)10-8-14(9-11-16)19(3)13-6-4-12(5-7-13)15(17)18/h4-7,14H,8-11H2,1-3H3,(H3,17,18). The first-order chi connectivity index (χ1) is 8.89. The van der Waals surface area contributed by atoms with Gasteiger partial charge in [-0.3, -0.25) is 5.41 Å². The van der Waals surface area contributed by atoms with Crippen LogP contribution < -0.4 is 10.6 Å². The number of rotatable bonds is 3. The molecule has 1 aromatic rings. The largest absolute Gasteiger partial charge is 0.384 e. The Balaban J connectivity index is 2.03. The summed E-state index contributed by atoms with van der Waals surface area (Å²) < 4.78 is 0. The number of nitrogens with zero attached hydrogens (tertiary/aromatic N) is 1. The Kier molecular flexibility index (Phi) is 3.83. The zero-order valence-electron chi connectivity index (χ0n) is 12.2. The summed E-state index contributed by atoms with van der Waals surface area (Å²) in [6.07, 6.45) is 5.12. The number of benzene rings is 1. The monoisotopic (exact) mass is 259 g/mol. The summed E-state index contributed by atoms with van der Waals surface area (Å²) in [5.41, 5.74) is 8.00. The summed E-state index contributed by atoms with van der Waals surface area (Å²) in [6, 6.07) is 8.63. The van der Waals surface area contributed by atoms with Crippen molar-refractivity contribution in [1.29, 1.82) is 5.41 Å². The first kappa shape index (κ1) is 13.9. The molecule has 0 spiro atoms. The molecule has 0 unspecified atom stereocenters. The Bertz CT molecular complexity index is 438. The molecule has 0 atom stereocenters. The third-order valence-electron chi connectivity index (χ3n) is 4.44. The van der Waals surface area contributed by atoms with Crippen LogP contribution in [0.1, 0.15) is 45.1 Å². The Morgan fingerprint density at radius 2 is 1.74 bits per heavy atom. The van der Waals surface area contributed by atoms with Crippen LogP contribution in [0.4, 0.5) is 5.69 Å². The van der Waals surface area contributed by atoms with Crippen LogP contribution in [0.5, 0.6) is 0 Å². The molecule has 3 heteroatoms. The SMILES string of the molecule is CN(c1ccc(C(=N)N)cc1)C1CCC(C)(C)CC1. The van der Waals surface area contributed by atoms with E-state index in [0.717, 1.165) is 5.56 Å². The van der Waals surface area contributed by atoms with Crippen LogP contribution in [0.3, 0.4) is 0 Å². The number of nitrogens with one attached hydrogen (secondary N) is 1. The Morgan fingerprint density at radius 3 is 2.21 bits per heavy atom. The number of hydrogen-bond donors (Lipinski definition) is 2. The van der Waals surface area contributed by atoms with Crippen LogP contribution in [0.25, 0.3) is 0 Å². The van der Waals surface area contributed by atoms with Crippen molar-refractivity contribution in [2.24, 2.45) is 11.1 Å². The molecule has 1 saturated carbocycles. The first-order valence-electron chi connectivity index (χ1n) is 7.06. The lowest BCUT2D eigenvalue weighted by molar-refractivity contribution is 0.222. The Labute approximate surface area is 116 Å². The minimum absolute atomic E-state index is 0.133. The molecular weight excluding hydrogens is 234 g/mol.